The van der Waals surface area contributed by atoms with E-state index in [2.05, 4.69) is 35.7 Å². The summed E-state index contributed by atoms with van der Waals surface area (Å²) in [5.74, 6) is -1.74. The van der Waals surface area contributed by atoms with Gasteiger partial charge in [0.2, 0.25) is 15.8 Å². The van der Waals surface area contributed by atoms with Crippen LogP contribution in [0.5, 0.6) is 0 Å². The van der Waals surface area contributed by atoms with E-state index >= 15 is 8.42 Å². The Morgan fingerprint density at radius 1 is 0.934 bits per heavy atom. The number of benzene rings is 4. The summed E-state index contributed by atoms with van der Waals surface area (Å²) in [6, 6.07) is 31.1. The molecule has 1 saturated heterocycles. The Balaban J connectivity index is 1.49. The van der Waals surface area contributed by atoms with Gasteiger partial charge in [0.1, 0.15) is 18.5 Å². The van der Waals surface area contributed by atoms with E-state index in [0.717, 1.165) is 33.1 Å². The number of imidazole rings is 1. The van der Waals surface area contributed by atoms with Crippen molar-refractivity contribution in [2.45, 2.75) is 67.7 Å². The molecule has 0 unspecified atom stereocenters. The lowest BCUT2D eigenvalue weighted by Crippen LogP contribution is -2.67. The first-order valence-corrected chi connectivity index (χ1v) is 24.6. The van der Waals surface area contributed by atoms with Crippen molar-refractivity contribution in [1.29, 1.82) is 0 Å². The minimum Gasteiger partial charge on any atom is -0.405 e. The molecule has 6 aromatic rings. The number of hydrogen-bond acceptors (Lipinski definition) is 13. The molecular formula is C42H46N6O10S2Si. The lowest BCUT2D eigenvalue weighted by molar-refractivity contribution is -0.384. The quantitative estimate of drug-likeness (QED) is 0.0662. The number of nitrogen functional groups attached to an aromatic ring is 1. The number of nitrogens with one attached hydrogen (secondary N) is 1. The predicted molar refractivity (Wildman–Crippen MR) is 232 cm³/mol. The standard InChI is InChI=1S/C42H46N6O10S2Si/c1-28-16-23-31(24-17-28)60(54,55)42(47-27-44-36-38(47)45-40(43)46-39(36)49)34(25-20-29-18-21-30(22-19-29)48(50)51)37(58-59(5,52)53)35(57-42)26-56-61(41(2,3)4,32-12-8-6-9-13-32)33-14-10-7-11-15-33/h6-19,21-24,27,34-35,37H,20,25-26H2,1-5H3,(H3,43,45,46,49)/t34-,35-,37+,42+/m1/s1. The van der Waals surface area contributed by atoms with Gasteiger partial charge in [-0.25, -0.2) is 13.4 Å². The Labute approximate surface area is 354 Å². The summed E-state index contributed by atoms with van der Waals surface area (Å²) < 4.78 is 79.6. The van der Waals surface area contributed by atoms with E-state index in [1.807, 2.05) is 60.7 Å². The van der Waals surface area contributed by atoms with Crippen LogP contribution in [0.4, 0.5) is 11.6 Å². The third kappa shape index (κ3) is 8.04. The molecule has 61 heavy (non-hydrogen) atoms. The van der Waals surface area contributed by atoms with Crippen LogP contribution >= 0.6 is 0 Å². The lowest BCUT2D eigenvalue weighted by atomic mass is 9.92. The van der Waals surface area contributed by atoms with Gasteiger partial charge in [-0.2, -0.15) is 13.4 Å². The van der Waals surface area contributed by atoms with E-state index in [9.17, 15) is 23.3 Å². The van der Waals surface area contributed by atoms with Gasteiger partial charge in [-0.1, -0.05) is 111 Å². The number of aromatic nitrogens is 4. The second-order valence-corrected chi connectivity index (χ2v) is 24.1. The van der Waals surface area contributed by atoms with Crippen molar-refractivity contribution in [3.63, 3.8) is 0 Å². The number of nitro groups is 1. The number of ether oxygens (including phenoxy) is 1. The van der Waals surface area contributed by atoms with Crippen LogP contribution in [-0.4, -0.2) is 74.7 Å². The fraction of sp³-hybridized carbons (Fsp3) is 0.310. The molecule has 4 atom stereocenters. The van der Waals surface area contributed by atoms with E-state index < -0.39 is 67.0 Å². The molecule has 0 spiro atoms. The first-order chi connectivity index (χ1) is 28.8. The molecule has 19 heteroatoms. The molecule has 16 nitrogen and oxygen atoms in total. The third-order valence-electron chi connectivity index (χ3n) is 11.1. The number of nitrogens with zero attached hydrogens (tertiary/aromatic N) is 4. The highest BCUT2D eigenvalue weighted by Crippen LogP contribution is 2.52. The van der Waals surface area contributed by atoms with E-state index in [-0.39, 0.29) is 47.1 Å². The fourth-order valence-electron chi connectivity index (χ4n) is 8.39. The van der Waals surface area contributed by atoms with E-state index in [1.165, 1.54) is 36.4 Å². The van der Waals surface area contributed by atoms with Crippen molar-refractivity contribution in [2.75, 3.05) is 18.6 Å². The highest BCUT2D eigenvalue weighted by molar-refractivity contribution is 7.92. The maximum absolute atomic E-state index is 15.8. The molecule has 1 aliphatic rings. The molecule has 0 bridgehead atoms. The molecule has 7 rings (SSSR count). The SMILES string of the molecule is Cc1ccc(S(=O)(=O)[C@@]2(n3cnc4c(=O)[nH]c(N)nc43)O[C@H](CO[Si](c3ccccc3)(c3ccccc3)C(C)(C)C)[C@@H](OS(C)(=O)=O)[C@H]2CCc2ccc([N+](=O)[O-])cc2)cc1. The molecule has 2 aromatic heterocycles. The van der Waals surface area contributed by atoms with Gasteiger partial charge in [0.15, 0.2) is 11.2 Å². The topological polar surface area (TPSA) is 229 Å². The zero-order valence-electron chi connectivity index (χ0n) is 34.1. The van der Waals surface area contributed by atoms with Crippen molar-refractivity contribution in [2.24, 2.45) is 5.92 Å². The van der Waals surface area contributed by atoms with Gasteiger partial charge in [0, 0.05) is 12.1 Å². The van der Waals surface area contributed by atoms with Crippen LogP contribution in [0.15, 0.2) is 125 Å². The molecule has 3 heterocycles. The van der Waals surface area contributed by atoms with Crippen molar-refractivity contribution < 1.29 is 35.1 Å². The van der Waals surface area contributed by atoms with Crippen LogP contribution in [0.1, 0.15) is 38.3 Å². The molecule has 4 aromatic carbocycles. The Hall–Kier alpha value is -5.57. The van der Waals surface area contributed by atoms with Crippen LogP contribution in [0.25, 0.3) is 11.2 Å². The third-order valence-corrected chi connectivity index (χ3v) is 18.9. The molecule has 0 radical (unpaired) electrons. The predicted octanol–water partition coefficient (Wildman–Crippen LogP) is 4.57. The Morgan fingerprint density at radius 3 is 2.07 bits per heavy atom. The summed E-state index contributed by atoms with van der Waals surface area (Å²) in [4.78, 5) is 35.0. The lowest BCUT2D eigenvalue weighted by Gasteiger charge is -2.43. The van der Waals surface area contributed by atoms with Gasteiger partial charge in [-0.15, -0.1) is 0 Å². The highest BCUT2D eigenvalue weighted by atomic mass is 32.2. The zero-order valence-corrected chi connectivity index (χ0v) is 36.7. The van der Waals surface area contributed by atoms with Crippen molar-refractivity contribution in [3.8, 4) is 0 Å². The van der Waals surface area contributed by atoms with E-state index in [0.29, 0.717) is 5.56 Å². The van der Waals surface area contributed by atoms with Gasteiger partial charge in [0.05, 0.1) is 28.6 Å². The van der Waals surface area contributed by atoms with Crippen molar-refractivity contribution in [1.82, 2.24) is 19.5 Å². The number of nitro benzene ring substituents is 1. The summed E-state index contributed by atoms with van der Waals surface area (Å²) in [7, 11) is -12.6. The molecule has 1 aliphatic heterocycles. The second-order valence-electron chi connectivity index (χ2n) is 16.1. The number of hydrogen-bond donors (Lipinski definition) is 2. The molecule has 0 amide bonds. The summed E-state index contributed by atoms with van der Waals surface area (Å²) in [5, 5.41) is 10.1. The molecule has 0 saturated carbocycles. The normalized spacial score (nSPS) is 19.9. The average molecular weight is 887 g/mol. The summed E-state index contributed by atoms with van der Waals surface area (Å²) in [6.07, 6.45) is -1.02. The van der Waals surface area contributed by atoms with E-state index in [4.69, 9.17) is 19.1 Å². The van der Waals surface area contributed by atoms with Gasteiger partial charge >= 0.3 is 0 Å². The average Bonchev–Trinajstić information content (AvgIpc) is 3.77. The minimum absolute atomic E-state index is 0.0753. The Morgan fingerprint density at radius 2 is 1.52 bits per heavy atom. The van der Waals surface area contributed by atoms with Crippen LogP contribution in [0.3, 0.4) is 0 Å². The molecule has 1 fully saturated rings. The minimum atomic E-state index is -4.84. The summed E-state index contributed by atoms with van der Waals surface area (Å²) in [6.45, 7) is 7.62. The van der Waals surface area contributed by atoms with Crippen LogP contribution in [0.2, 0.25) is 5.04 Å². The number of non-ortho nitro benzene ring substituents is 1. The van der Waals surface area contributed by atoms with Gasteiger partial charge < -0.3 is 14.9 Å². The Kier molecular flexibility index (Phi) is 11.7. The van der Waals surface area contributed by atoms with Gasteiger partial charge in [-0.3, -0.25) is 28.6 Å². The van der Waals surface area contributed by atoms with Crippen LogP contribution in [-0.2, 0) is 44.8 Å². The number of anilines is 1. The van der Waals surface area contributed by atoms with Gasteiger partial charge in [0.25, 0.3) is 34.7 Å². The van der Waals surface area contributed by atoms with Crippen LogP contribution in [0, 0.1) is 23.0 Å². The highest BCUT2D eigenvalue weighted by Gasteiger charge is 2.66. The second kappa shape index (κ2) is 16.4. The number of fused-ring (bicyclic) bond motifs is 1. The fourth-order valence-corrected chi connectivity index (χ4v) is 15.7. The van der Waals surface area contributed by atoms with Crippen molar-refractivity contribution in [3.05, 3.63) is 147 Å². The summed E-state index contributed by atoms with van der Waals surface area (Å²) in [5.41, 5.74) is 5.99. The maximum Gasteiger partial charge on any atom is 0.280 e. The maximum atomic E-state index is 15.8. The number of aromatic amines is 1. The monoisotopic (exact) mass is 886 g/mol. The Bertz CT molecular complexity index is 2800. The first-order valence-electron chi connectivity index (χ1n) is 19.4. The largest absolute Gasteiger partial charge is 0.405 e. The molecule has 0 aliphatic carbocycles. The van der Waals surface area contributed by atoms with E-state index in [1.54, 1.807) is 19.1 Å². The molecular weight excluding hydrogens is 841 g/mol. The zero-order chi connectivity index (χ0) is 44.0. The van der Waals surface area contributed by atoms with Gasteiger partial charge in [-0.05, 0) is 52.9 Å². The molecule has 320 valence electrons. The van der Waals surface area contributed by atoms with Crippen molar-refractivity contribution >= 4 is 61.4 Å². The molecule has 3 N–H and O–H groups in total. The van der Waals surface area contributed by atoms with Crippen LogP contribution < -0.4 is 21.7 Å². The number of H-pyrrole nitrogens is 1. The number of aryl methyl sites for hydroxylation is 2. The summed E-state index contributed by atoms with van der Waals surface area (Å²) >= 11 is 0. The first kappa shape index (κ1) is 43.5. The number of sulfone groups is 1. The number of rotatable bonds is 14. The number of nitrogens with two attached hydrogens (primary N) is 1. The smallest absolute Gasteiger partial charge is 0.280 e.